The topological polar surface area (TPSA) is 86.3 Å². The van der Waals surface area contributed by atoms with Crippen LogP contribution in [0.4, 0.5) is 0 Å². The van der Waals surface area contributed by atoms with Crippen molar-refractivity contribution >= 4 is 11.7 Å². The van der Waals surface area contributed by atoms with Crippen LogP contribution in [-0.2, 0) is 13.0 Å². The number of rotatable bonds is 2. The number of phenols is 1. The maximum atomic E-state index is 13.4. The first-order valence-electron chi connectivity index (χ1n) is 9.37. The van der Waals surface area contributed by atoms with Crippen molar-refractivity contribution in [3.05, 3.63) is 82.4 Å². The third-order valence-corrected chi connectivity index (χ3v) is 5.70. The van der Waals surface area contributed by atoms with E-state index in [-0.39, 0.29) is 23.4 Å². The van der Waals surface area contributed by atoms with Crippen LogP contribution < -0.4 is 0 Å². The Bertz CT molecular complexity index is 1100. The van der Waals surface area contributed by atoms with Gasteiger partial charge >= 0.3 is 0 Å². The van der Waals surface area contributed by atoms with Gasteiger partial charge in [0.15, 0.2) is 5.78 Å². The third-order valence-electron chi connectivity index (χ3n) is 5.70. The summed E-state index contributed by atoms with van der Waals surface area (Å²) in [6.07, 6.45) is 2.73. The van der Waals surface area contributed by atoms with Crippen LogP contribution in [0.15, 0.2) is 48.8 Å². The third kappa shape index (κ3) is 2.60. The van der Waals surface area contributed by atoms with Crippen LogP contribution in [0.25, 0.3) is 0 Å². The molecule has 0 bridgehead atoms. The fourth-order valence-electron chi connectivity index (χ4n) is 4.34. The van der Waals surface area contributed by atoms with E-state index in [9.17, 15) is 14.7 Å². The largest absolute Gasteiger partial charge is 0.508 e. The number of amides is 1. The van der Waals surface area contributed by atoms with Gasteiger partial charge in [-0.1, -0.05) is 24.3 Å². The van der Waals surface area contributed by atoms with Crippen molar-refractivity contribution in [3.8, 4) is 5.75 Å². The smallest absolute Gasteiger partial charge is 0.254 e. The van der Waals surface area contributed by atoms with Gasteiger partial charge in [-0.25, -0.2) is 4.98 Å². The van der Waals surface area contributed by atoms with Crippen LogP contribution in [-0.4, -0.2) is 38.2 Å². The van der Waals surface area contributed by atoms with Gasteiger partial charge in [-0.2, -0.15) is 0 Å². The molecule has 140 valence electrons. The number of aromatic amines is 1. The fourth-order valence-corrected chi connectivity index (χ4v) is 4.34. The molecule has 0 saturated carbocycles. The number of Topliss-reactive ketones (excluding diaryl/α,β-unsaturated/α-hetero) is 1. The van der Waals surface area contributed by atoms with Crippen LogP contribution in [0.2, 0.25) is 0 Å². The molecule has 0 radical (unpaired) electrons. The molecule has 5 rings (SSSR count). The zero-order valence-corrected chi connectivity index (χ0v) is 15.2. The number of fused-ring (bicyclic) bond motifs is 2. The predicted molar refractivity (Wildman–Crippen MR) is 102 cm³/mol. The highest BCUT2D eigenvalue weighted by Crippen LogP contribution is 2.34. The molecular formula is C22H19N3O3. The van der Waals surface area contributed by atoms with Crippen molar-refractivity contribution in [3.63, 3.8) is 0 Å². The van der Waals surface area contributed by atoms with Crippen LogP contribution in [0.3, 0.4) is 0 Å². The maximum Gasteiger partial charge on any atom is 0.254 e. The number of carbonyl (C=O) groups is 2. The van der Waals surface area contributed by atoms with Crippen molar-refractivity contribution in [2.24, 2.45) is 0 Å². The van der Waals surface area contributed by atoms with Crippen LogP contribution in [0.5, 0.6) is 5.75 Å². The van der Waals surface area contributed by atoms with Gasteiger partial charge in [-0.05, 0) is 35.7 Å². The Hall–Kier alpha value is -3.41. The standard InChI is InChI=1S/C22H19N3O3/c26-14-4-1-3-13(9-14)18-10-25(11-19-21(18)24-12-23-19)22(28)17-6-2-5-16-15(17)7-8-20(16)27/h1-6,9,12,18,26H,7-8,10-11H2,(H,23,24). The molecular weight excluding hydrogens is 354 g/mol. The van der Waals surface area contributed by atoms with Crippen molar-refractivity contribution in [2.45, 2.75) is 25.3 Å². The first kappa shape index (κ1) is 16.7. The molecule has 6 heteroatoms. The van der Waals surface area contributed by atoms with Crippen LogP contribution in [0.1, 0.15) is 55.6 Å². The molecule has 3 aromatic rings. The van der Waals surface area contributed by atoms with Crippen LogP contribution >= 0.6 is 0 Å². The van der Waals surface area contributed by atoms with Gasteiger partial charge in [0.25, 0.3) is 5.91 Å². The van der Waals surface area contributed by atoms with E-state index in [0.717, 1.165) is 22.5 Å². The zero-order valence-electron chi connectivity index (χ0n) is 15.2. The molecule has 2 N–H and O–H groups in total. The lowest BCUT2D eigenvalue weighted by atomic mass is 9.90. The summed E-state index contributed by atoms with van der Waals surface area (Å²) >= 11 is 0. The first-order valence-corrected chi connectivity index (χ1v) is 9.37. The minimum Gasteiger partial charge on any atom is -0.508 e. The molecule has 1 atom stereocenters. The number of ketones is 1. The van der Waals surface area contributed by atoms with E-state index in [1.54, 1.807) is 41.6 Å². The van der Waals surface area contributed by atoms with Gasteiger partial charge in [-0.15, -0.1) is 0 Å². The molecule has 1 aliphatic carbocycles. The molecule has 2 aliphatic rings. The molecule has 28 heavy (non-hydrogen) atoms. The number of carbonyl (C=O) groups excluding carboxylic acids is 2. The Balaban J connectivity index is 1.52. The minimum atomic E-state index is -0.121. The number of aromatic nitrogens is 2. The number of phenolic OH excluding ortho intramolecular Hbond substituents is 1. The summed E-state index contributed by atoms with van der Waals surface area (Å²) in [5.41, 5.74) is 4.87. The van der Waals surface area contributed by atoms with Crippen molar-refractivity contribution in [2.75, 3.05) is 6.54 Å². The predicted octanol–water partition coefficient (Wildman–Crippen LogP) is 3.03. The maximum absolute atomic E-state index is 13.4. The molecule has 1 unspecified atom stereocenters. The Morgan fingerprint density at radius 1 is 1.18 bits per heavy atom. The summed E-state index contributed by atoms with van der Waals surface area (Å²) in [4.78, 5) is 34.8. The number of hydrogen-bond donors (Lipinski definition) is 2. The van der Waals surface area contributed by atoms with Crippen molar-refractivity contribution in [1.29, 1.82) is 0 Å². The summed E-state index contributed by atoms with van der Waals surface area (Å²) in [5, 5.41) is 9.89. The molecule has 6 nitrogen and oxygen atoms in total. The number of nitrogens with zero attached hydrogens (tertiary/aromatic N) is 2. The normalized spacial score (nSPS) is 18.1. The van der Waals surface area contributed by atoms with E-state index in [1.165, 1.54) is 0 Å². The highest BCUT2D eigenvalue weighted by atomic mass is 16.3. The highest BCUT2D eigenvalue weighted by Gasteiger charge is 2.34. The Morgan fingerprint density at radius 2 is 2.04 bits per heavy atom. The SMILES string of the molecule is O=C1CCc2c1cccc2C(=O)N1Cc2[nH]cnc2C(c2cccc(O)c2)C1. The van der Waals surface area contributed by atoms with Crippen molar-refractivity contribution in [1.82, 2.24) is 14.9 Å². The summed E-state index contributed by atoms with van der Waals surface area (Å²) in [6, 6.07) is 12.5. The Morgan fingerprint density at radius 3 is 2.89 bits per heavy atom. The molecule has 1 aliphatic heterocycles. The number of imidazole rings is 1. The summed E-state index contributed by atoms with van der Waals surface area (Å²) < 4.78 is 0. The Labute approximate surface area is 161 Å². The molecule has 2 heterocycles. The monoisotopic (exact) mass is 373 g/mol. The van der Waals surface area contributed by atoms with Gasteiger partial charge in [0.2, 0.25) is 0 Å². The number of aromatic hydroxyl groups is 1. The lowest BCUT2D eigenvalue weighted by Crippen LogP contribution is -2.39. The van der Waals surface area contributed by atoms with Gasteiger partial charge < -0.3 is 15.0 Å². The quantitative estimate of drug-likeness (QED) is 0.723. The second-order valence-corrected chi connectivity index (χ2v) is 7.35. The average Bonchev–Trinajstić information content (AvgIpc) is 3.33. The van der Waals surface area contributed by atoms with E-state index in [4.69, 9.17) is 0 Å². The molecule has 2 aromatic carbocycles. The molecule has 1 amide bonds. The zero-order chi connectivity index (χ0) is 19.3. The summed E-state index contributed by atoms with van der Waals surface area (Å²) in [6.45, 7) is 0.916. The van der Waals surface area contributed by atoms with E-state index in [0.29, 0.717) is 37.1 Å². The van der Waals surface area contributed by atoms with E-state index >= 15 is 0 Å². The molecule has 0 spiro atoms. The van der Waals surface area contributed by atoms with Crippen molar-refractivity contribution < 1.29 is 14.7 Å². The Kier molecular flexibility index (Phi) is 3.79. The van der Waals surface area contributed by atoms with E-state index < -0.39 is 0 Å². The summed E-state index contributed by atoms with van der Waals surface area (Å²) in [7, 11) is 0. The lowest BCUT2D eigenvalue weighted by molar-refractivity contribution is 0.0720. The number of hydrogen-bond acceptors (Lipinski definition) is 4. The fraction of sp³-hybridized carbons (Fsp3) is 0.227. The molecule has 1 aromatic heterocycles. The lowest BCUT2D eigenvalue weighted by Gasteiger charge is -2.32. The summed E-state index contributed by atoms with van der Waals surface area (Å²) in [5.74, 6) is 0.107. The second-order valence-electron chi connectivity index (χ2n) is 7.35. The van der Waals surface area contributed by atoms with E-state index in [2.05, 4.69) is 9.97 Å². The van der Waals surface area contributed by atoms with Gasteiger partial charge in [0.05, 0.1) is 24.3 Å². The number of nitrogens with one attached hydrogen (secondary N) is 1. The highest BCUT2D eigenvalue weighted by molar-refractivity contribution is 6.05. The second kappa shape index (κ2) is 6.34. The van der Waals surface area contributed by atoms with Crippen LogP contribution in [0, 0.1) is 0 Å². The first-order chi connectivity index (χ1) is 13.6. The van der Waals surface area contributed by atoms with Gasteiger partial charge in [0.1, 0.15) is 5.75 Å². The number of benzene rings is 2. The molecule has 0 saturated heterocycles. The average molecular weight is 373 g/mol. The van der Waals surface area contributed by atoms with Gasteiger partial charge in [-0.3, -0.25) is 9.59 Å². The molecule has 0 fully saturated rings. The van der Waals surface area contributed by atoms with Gasteiger partial charge in [0, 0.05) is 30.0 Å². The minimum absolute atomic E-state index is 0.0723. The van der Waals surface area contributed by atoms with E-state index in [1.807, 2.05) is 12.1 Å². The number of H-pyrrole nitrogens is 1.